The van der Waals surface area contributed by atoms with Crippen molar-refractivity contribution in [3.05, 3.63) is 0 Å². The predicted molar refractivity (Wildman–Crippen MR) is 45.0 cm³/mol. The third-order valence-corrected chi connectivity index (χ3v) is 0.955. The van der Waals surface area contributed by atoms with E-state index in [0.717, 1.165) is 0 Å². The standard InChI is InChI=1S/C6H11N5/c1-3-4-11(2)6(9)10-5(7)8/h1H,4H2,2H3,(H5,7,8,9,10). The second-order valence-corrected chi connectivity index (χ2v) is 1.92. The summed E-state index contributed by atoms with van der Waals surface area (Å²) >= 11 is 0. The Hall–Kier alpha value is -1.70. The summed E-state index contributed by atoms with van der Waals surface area (Å²) in [4.78, 5) is 5.00. The van der Waals surface area contributed by atoms with E-state index in [0.29, 0.717) is 6.54 Å². The first-order valence-electron chi connectivity index (χ1n) is 2.90. The van der Waals surface area contributed by atoms with Gasteiger partial charge in [-0.15, -0.1) is 6.42 Å². The molecule has 0 aromatic carbocycles. The largest absolute Gasteiger partial charge is 0.369 e. The molecule has 0 saturated carbocycles. The maximum atomic E-state index is 6.78. The van der Waals surface area contributed by atoms with Crippen molar-refractivity contribution in [2.24, 2.45) is 16.5 Å². The van der Waals surface area contributed by atoms with Crippen LogP contribution in [-0.2, 0) is 0 Å². The Morgan fingerprint density at radius 1 is 1.73 bits per heavy atom. The second-order valence-electron chi connectivity index (χ2n) is 1.92. The van der Waals surface area contributed by atoms with Gasteiger partial charge in [0, 0.05) is 7.05 Å². The van der Waals surface area contributed by atoms with Crippen LogP contribution < -0.4 is 11.5 Å². The van der Waals surface area contributed by atoms with Crippen molar-refractivity contribution in [2.75, 3.05) is 13.6 Å². The number of hydrogen-bond donors (Lipinski definition) is 3. The lowest BCUT2D eigenvalue weighted by molar-refractivity contribution is 0.567. The van der Waals surface area contributed by atoms with Gasteiger partial charge in [-0.25, -0.2) is 0 Å². The molecule has 0 rings (SSSR count). The summed E-state index contributed by atoms with van der Waals surface area (Å²) in [5, 5.41) is 6.78. The molecule has 0 aliphatic carbocycles. The number of guanidine groups is 2. The third kappa shape index (κ3) is 3.81. The van der Waals surface area contributed by atoms with Crippen LogP contribution >= 0.6 is 0 Å². The molecule has 0 unspecified atom stereocenters. The average Bonchev–Trinajstić information content (AvgIpc) is 1.86. The van der Waals surface area contributed by atoms with Gasteiger partial charge < -0.3 is 16.4 Å². The minimum Gasteiger partial charge on any atom is -0.369 e. The van der Waals surface area contributed by atoms with Crippen molar-refractivity contribution in [1.29, 1.82) is 5.41 Å². The van der Waals surface area contributed by atoms with Gasteiger partial charge in [0.1, 0.15) is 0 Å². The van der Waals surface area contributed by atoms with Crippen molar-refractivity contribution in [2.45, 2.75) is 0 Å². The molecule has 0 radical (unpaired) electrons. The van der Waals surface area contributed by atoms with Crippen LogP contribution in [0.5, 0.6) is 0 Å². The number of nitrogens with zero attached hydrogens (tertiary/aromatic N) is 2. The first kappa shape index (κ1) is 9.30. The Balaban J connectivity index is 4.13. The van der Waals surface area contributed by atoms with Gasteiger partial charge in [0.25, 0.3) is 0 Å². The Labute approximate surface area is 65.6 Å². The molecule has 0 aliphatic rings. The minimum atomic E-state index is -0.327. The smallest absolute Gasteiger partial charge is 0.215 e. The summed E-state index contributed by atoms with van der Waals surface area (Å²) in [5.74, 6) is 2.20. The second kappa shape index (κ2) is 4.17. The lowest BCUT2D eigenvalue weighted by Gasteiger charge is -2.13. The number of terminal acetylenes is 1. The average molecular weight is 153 g/mol. The molecule has 0 saturated heterocycles. The van der Waals surface area contributed by atoms with Crippen LogP contribution in [0.15, 0.2) is 4.99 Å². The van der Waals surface area contributed by atoms with Crippen molar-refractivity contribution >= 4 is 11.9 Å². The molecule has 5 heteroatoms. The van der Waals surface area contributed by atoms with Crippen molar-refractivity contribution in [3.63, 3.8) is 0 Å². The van der Waals surface area contributed by atoms with Gasteiger partial charge in [-0.1, -0.05) is 5.92 Å². The molecule has 0 atom stereocenters. The quantitative estimate of drug-likeness (QED) is 0.250. The van der Waals surface area contributed by atoms with Crippen molar-refractivity contribution < 1.29 is 0 Å². The Morgan fingerprint density at radius 3 is 2.64 bits per heavy atom. The molecule has 0 spiro atoms. The zero-order chi connectivity index (χ0) is 8.85. The number of rotatable bonds is 1. The van der Waals surface area contributed by atoms with Crippen LogP contribution in [0.1, 0.15) is 0 Å². The van der Waals surface area contributed by atoms with Gasteiger partial charge >= 0.3 is 0 Å². The highest BCUT2D eigenvalue weighted by molar-refractivity contribution is 5.91. The summed E-state index contributed by atoms with van der Waals surface area (Å²) < 4.78 is 0. The van der Waals surface area contributed by atoms with E-state index in [9.17, 15) is 0 Å². The van der Waals surface area contributed by atoms with E-state index < -0.39 is 0 Å². The summed E-state index contributed by atoms with van der Waals surface area (Å²) in [6, 6.07) is 0. The van der Waals surface area contributed by atoms with Gasteiger partial charge in [-0.05, 0) is 0 Å². The highest BCUT2D eigenvalue weighted by atomic mass is 15.2. The molecule has 0 aliphatic heterocycles. The fraction of sp³-hybridized carbons (Fsp3) is 0.333. The number of aliphatic imine (C=N–C) groups is 1. The normalized spacial score (nSPS) is 10.4. The maximum Gasteiger partial charge on any atom is 0.215 e. The van der Waals surface area contributed by atoms with Crippen LogP contribution in [0.4, 0.5) is 0 Å². The van der Waals surface area contributed by atoms with E-state index in [1.165, 1.54) is 4.90 Å². The van der Waals surface area contributed by atoms with E-state index in [1.54, 1.807) is 7.05 Å². The van der Waals surface area contributed by atoms with Crippen LogP contribution in [0, 0.1) is 17.8 Å². The molecule has 0 aromatic rings. The van der Waals surface area contributed by atoms with E-state index >= 15 is 0 Å². The highest BCUT2D eigenvalue weighted by Gasteiger charge is 1.98. The Kier molecular flexibility index (Phi) is 3.52. The van der Waals surface area contributed by atoms with Crippen LogP contribution in [0.3, 0.4) is 0 Å². The highest BCUT2D eigenvalue weighted by Crippen LogP contribution is 1.79. The van der Waals surface area contributed by atoms with Crippen LogP contribution in [-0.4, -0.2) is 30.4 Å². The topological polar surface area (TPSA) is 91.5 Å². The predicted octanol–water partition coefficient (Wildman–Crippen LogP) is -1.24. The lowest BCUT2D eigenvalue weighted by Crippen LogP contribution is -2.35. The molecule has 60 valence electrons. The van der Waals surface area contributed by atoms with Gasteiger partial charge in [0.15, 0.2) is 5.96 Å². The summed E-state index contributed by atoms with van der Waals surface area (Å²) in [6.07, 6.45) is 5.01. The van der Waals surface area contributed by atoms with Crippen LogP contribution in [0.25, 0.3) is 0 Å². The molecule has 0 aromatic heterocycles. The molecule has 0 amide bonds. The molecular formula is C6H11N5. The van der Waals surface area contributed by atoms with Crippen LogP contribution in [0.2, 0.25) is 0 Å². The first-order chi connectivity index (χ1) is 5.07. The minimum absolute atomic E-state index is 0.149. The Morgan fingerprint density at radius 2 is 2.27 bits per heavy atom. The van der Waals surface area contributed by atoms with E-state index in [2.05, 4.69) is 10.9 Å². The zero-order valence-electron chi connectivity index (χ0n) is 6.33. The summed E-state index contributed by atoms with van der Waals surface area (Å²) in [6.45, 7) is 0.350. The van der Waals surface area contributed by atoms with Crippen molar-refractivity contribution in [3.8, 4) is 12.3 Å². The molecule has 5 N–H and O–H groups in total. The maximum absolute atomic E-state index is 6.78. The van der Waals surface area contributed by atoms with E-state index in [1.807, 2.05) is 0 Å². The molecule has 0 bridgehead atoms. The monoisotopic (exact) mass is 153 g/mol. The van der Waals surface area contributed by atoms with Gasteiger partial charge in [-0.3, -0.25) is 5.41 Å². The molecule has 0 fully saturated rings. The zero-order valence-corrected chi connectivity index (χ0v) is 6.33. The first-order valence-corrected chi connectivity index (χ1v) is 2.90. The molecule has 0 heterocycles. The molecule has 5 nitrogen and oxygen atoms in total. The fourth-order valence-electron chi connectivity index (χ4n) is 0.427. The number of nitrogens with one attached hydrogen (secondary N) is 1. The third-order valence-electron chi connectivity index (χ3n) is 0.955. The lowest BCUT2D eigenvalue weighted by atomic mass is 10.6. The fourth-order valence-corrected chi connectivity index (χ4v) is 0.427. The summed E-state index contributed by atoms with van der Waals surface area (Å²) in [7, 11) is 1.67. The van der Waals surface area contributed by atoms with Gasteiger partial charge in [-0.2, -0.15) is 4.99 Å². The van der Waals surface area contributed by atoms with Gasteiger partial charge in [0.2, 0.25) is 5.96 Å². The van der Waals surface area contributed by atoms with Crippen molar-refractivity contribution in [1.82, 2.24) is 4.90 Å². The SMILES string of the molecule is C#CCN(C)C(N)=NC(=N)N. The van der Waals surface area contributed by atoms with Gasteiger partial charge in [0.05, 0.1) is 6.54 Å². The van der Waals surface area contributed by atoms with E-state index in [-0.39, 0.29) is 11.9 Å². The summed E-state index contributed by atoms with van der Waals surface area (Å²) in [5.41, 5.74) is 10.3. The molecular weight excluding hydrogens is 142 g/mol. The Bertz CT molecular complexity index is 212. The number of hydrogen-bond acceptors (Lipinski definition) is 1. The number of nitrogens with two attached hydrogens (primary N) is 2. The molecule has 11 heavy (non-hydrogen) atoms. The van der Waals surface area contributed by atoms with E-state index in [4.69, 9.17) is 23.3 Å².